The van der Waals surface area contributed by atoms with Crippen molar-refractivity contribution >= 4 is 0 Å². The van der Waals surface area contributed by atoms with Gasteiger partial charge in [-0.25, -0.2) is 0 Å². The maximum absolute atomic E-state index is 9.09. The number of aliphatic hydroxyl groups excluding tert-OH is 1. The SMILES string of the molecule is CCc1ccc(CC(CC)CO)cc1. The van der Waals surface area contributed by atoms with Crippen molar-refractivity contribution in [2.24, 2.45) is 5.92 Å². The van der Waals surface area contributed by atoms with E-state index in [0.29, 0.717) is 12.5 Å². The largest absolute Gasteiger partial charge is 0.396 e. The van der Waals surface area contributed by atoms with Gasteiger partial charge >= 0.3 is 0 Å². The first-order chi connectivity index (χ1) is 6.80. The normalized spacial score (nSPS) is 12.8. The summed E-state index contributed by atoms with van der Waals surface area (Å²) in [4.78, 5) is 0. The molecule has 0 amide bonds. The Bertz CT molecular complexity index is 246. The van der Waals surface area contributed by atoms with Crippen LogP contribution in [0.2, 0.25) is 0 Å². The highest BCUT2D eigenvalue weighted by molar-refractivity contribution is 5.22. The second kappa shape index (κ2) is 5.82. The maximum Gasteiger partial charge on any atom is 0.0462 e. The molecule has 0 aliphatic rings. The van der Waals surface area contributed by atoms with Crippen LogP contribution in [-0.4, -0.2) is 11.7 Å². The van der Waals surface area contributed by atoms with Gasteiger partial charge in [0.1, 0.15) is 0 Å². The molecular weight excluding hydrogens is 172 g/mol. The van der Waals surface area contributed by atoms with Crippen LogP contribution in [0.25, 0.3) is 0 Å². The van der Waals surface area contributed by atoms with E-state index in [1.807, 2.05) is 0 Å². The van der Waals surface area contributed by atoms with Crippen LogP contribution in [0.4, 0.5) is 0 Å². The molecule has 0 fully saturated rings. The van der Waals surface area contributed by atoms with E-state index in [1.54, 1.807) is 0 Å². The fourth-order valence-electron chi connectivity index (χ4n) is 1.58. The molecule has 78 valence electrons. The molecule has 0 aromatic heterocycles. The van der Waals surface area contributed by atoms with Crippen molar-refractivity contribution in [3.8, 4) is 0 Å². The summed E-state index contributed by atoms with van der Waals surface area (Å²) in [5, 5.41) is 9.09. The van der Waals surface area contributed by atoms with Crippen LogP contribution in [0.5, 0.6) is 0 Å². The second-order valence-electron chi connectivity index (χ2n) is 3.83. The van der Waals surface area contributed by atoms with Crippen LogP contribution < -0.4 is 0 Å². The lowest BCUT2D eigenvalue weighted by Gasteiger charge is -2.11. The van der Waals surface area contributed by atoms with E-state index < -0.39 is 0 Å². The molecule has 1 nitrogen and oxygen atoms in total. The molecule has 1 aromatic rings. The third-order valence-corrected chi connectivity index (χ3v) is 2.79. The number of benzene rings is 1. The Balaban J connectivity index is 2.58. The predicted molar refractivity (Wildman–Crippen MR) is 60.4 cm³/mol. The summed E-state index contributed by atoms with van der Waals surface area (Å²) >= 11 is 0. The summed E-state index contributed by atoms with van der Waals surface area (Å²) in [7, 11) is 0. The summed E-state index contributed by atoms with van der Waals surface area (Å²) in [6.07, 6.45) is 3.14. The summed E-state index contributed by atoms with van der Waals surface area (Å²) in [5.74, 6) is 0.419. The highest BCUT2D eigenvalue weighted by Gasteiger charge is 2.05. The van der Waals surface area contributed by atoms with Crippen LogP contribution in [0, 0.1) is 5.92 Å². The molecule has 1 N–H and O–H groups in total. The van der Waals surface area contributed by atoms with Crippen LogP contribution in [-0.2, 0) is 12.8 Å². The molecule has 1 atom stereocenters. The van der Waals surface area contributed by atoms with Gasteiger partial charge < -0.3 is 5.11 Å². The van der Waals surface area contributed by atoms with Crippen LogP contribution >= 0.6 is 0 Å². The molecule has 0 bridgehead atoms. The van der Waals surface area contributed by atoms with Gasteiger partial charge in [-0.1, -0.05) is 44.5 Å². The Morgan fingerprint density at radius 1 is 1.07 bits per heavy atom. The highest BCUT2D eigenvalue weighted by Crippen LogP contribution is 2.12. The van der Waals surface area contributed by atoms with E-state index in [4.69, 9.17) is 5.11 Å². The zero-order chi connectivity index (χ0) is 10.4. The zero-order valence-corrected chi connectivity index (χ0v) is 9.16. The molecule has 0 heterocycles. The van der Waals surface area contributed by atoms with Gasteiger partial charge in [0.25, 0.3) is 0 Å². The van der Waals surface area contributed by atoms with Gasteiger partial charge in [0, 0.05) is 6.61 Å². The third-order valence-electron chi connectivity index (χ3n) is 2.79. The van der Waals surface area contributed by atoms with E-state index in [2.05, 4.69) is 38.1 Å². The third kappa shape index (κ3) is 3.15. The minimum atomic E-state index is 0.298. The van der Waals surface area contributed by atoms with E-state index in [0.717, 1.165) is 19.3 Å². The molecule has 0 saturated heterocycles. The van der Waals surface area contributed by atoms with E-state index in [-0.39, 0.29) is 0 Å². The van der Waals surface area contributed by atoms with Gasteiger partial charge in [-0.2, -0.15) is 0 Å². The maximum atomic E-state index is 9.09. The minimum absolute atomic E-state index is 0.298. The Hall–Kier alpha value is -0.820. The molecule has 0 spiro atoms. The van der Waals surface area contributed by atoms with Gasteiger partial charge in [0.05, 0.1) is 0 Å². The standard InChI is InChI=1S/C13H20O/c1-3-11-5-7-13(8-6-11)9-12(4-2)10-14/h5-8,12,14H,3-4,9-10H2,1-2H3. The Kier molecular flexibility index (Phi) is 4.68. The second-order valence-corrected chi connectivity index (χ2v) is 3.83. The summed E-state index contributed by atoms with van der Waals surface area (Å²) in [5.41, 5.74) is 2.72. The quantitative estimate of drug-likeness (QED) is 0.760. The highest BCUT2D eigenvalue weighted by atomic mass is 16.3. The molecule has 0 saturated carbocycles. The monoisotopic (exact) mass is 192 g/mol. The molecule has 14 heavy (non-hydrogen) atoms. The predicted octanol–water partition coefficient (Wildman–Crippen LogP) is 2.81. The first kappa shape index (κ1) is 11.3. The van der Waals surface area contributed by atoms with Gasteiger partial charge in [0.15, 0.2) is 0 Å². The molecule has 1 unspecified atom stereocenters. The number of hydrogen-bond donors (Lipinski definition) is 1. The van der Waals surface area contributed by atoms with Crippen molar-refractivity contribution in [1.82, 2.24) is 0 Å². The minimum Gasteiger partial charge on any atom is -0.396 e. The van der Waals surface area contributed by atoms with Crippen LogP contribution in [0.15, 0.2) is 24.3 Å². The fourth-order valence-corrected chi connectivity index (χ4v) is 1.58. The topological polar surface area (TPSA) is 20.2 Å². The molecule has 1 heteroatoms. The van der Waals surface area contributed by atoms with E-state index >= 15 is 0 Å². The number of aryl methyl sites for hydroxylation is 1. The Labute approximate surface area is 86.8 Å². The summed E-state index contributed by atoms with van der Waals surface area (Å²) in [6, 6.07) is 8.72. The first-order valence-electron chi connectivity index (χ1n) is 5.48. The van der Waals surface area contributed by atoms with Crippen LogP contribution in [0.1, 0.15) is 31.4 Å². The van der Waals surface area contributed by atoms with Crippen LogP contribution in [0.3, 0.4) is 0 Å². The van der Waals surface area contributed by atoms with Crippen molar-refractivity contribution in [2.45, 2.75) is 33.1 Å². The smallest absolute Gasteiger partial charge is 0.0462 e. The lowest BCUT2D eigenvalue weighted by atomic mass is 9.97. The molecule has 0 radical (unpaired) electrons. The lowest BCUT2D eigenvalue weighted by Crippen LogP contribution is -2.07. The Morgan fingerprint density at radius 2 is 1.64 bits per heavy atom. The average Bonchev–Trinajstić information content (AvgIpc) is 2.26. The van der Waals surface area contributed by atoms with Crippen molar-refractivity contribution < 1.29 is 5.11 Å². The number of hydrogen-bond acceptors (Lipinski definition) is 1. The molecule has 1 rings (SSSR count). The van der Waals surface area contributed by atoms with Gasteiger partial charge in [-0.05, 0) is 29.9 Å². The molecule has 0 aliphatic heterocycles. The fraction of sp³-hybridized carbons (Fsp3) is 0.538. The van der Waals surface area contributed by atoms with Crippen molar-refractivity contribution in [2.75, 3.05) is 6.61 Å². The van der Waals surface area contributed by atoms with E-state index in [1.165, 1.54) is 11.1 Å². The van der Waals surface area contributed by atoms with Gasteiger partial charge in [-0.15, -0.1) is 0 Å². The zero-order valence-electron chi connectivity index (χ0n) is 9.16. The first-order valence-corrected chi connectivity index (χ1v) is 5.48. The average molecular weight is 192 g/mol. The van der Waals surface area contributed by atoms with E-state index in [9.17, 15) is 0 Å². The summed E-state index contributed by atoms with van der Waals surface area (Å²) in [6.45, 7) is 4.59. The summed E-state index contributed by atoms with van der Waals surface area (Å²) < 4.78 is 0. The van der Waals surface area contributed by atoms with Crippen molar-refractivity contribution in [1.29, 1.82) is 0 Å². The van der Waals surface area contributed by atoms with Gasteiger partial charge in [-0.3, -0.25) is 0 Å². The number of rotatable bonds is 5. The Morgan fingerprint density at radius 3 is 2.07 bits per heavy atom. The number of aliphatic hydroxyl groups is 1. The van der Waals surface area contributed by atoms with Crippen molar-refractivity contribution in [3.63, 3.8) is 0 Å². The lowest BCUT2D eigenvalue weighted by molar-refractivity contribution is 0.222. The molecule has 1 aromatic carbocycles. The molecular formula is C13H20O. The van der Waals surface area contributed by atoms with Crippen molar-refractivity contribution in [3.05, 3.63) is 35.4 Å². The van der Waals surface area contributed by atoms with Gasteiger partial charge in [0.2, 0.25) is 0 Å². The molecule has 0 aliphatic carbocycles.